The Kier molecular flexibility index (Phi) is 6.82. The summed E-state index contributed by atoms with van der Waals surface area (Å²) in [5.74, 6) is 1.20. The molecule has 0 aromatic rings. The van der Waals surface area contributed by atoms with Gasteiger partial charge in [0.2, 0.25) is 0 Å². The second-order valence-electron chi connectivity index (χ2n) is 3.63. The van der Waals surface area contributed by atoms with Crippen molar-refractivity contribution >= 4 is 6.47 Å². The summed E-state index contributed by atoms with van der Waals surface area (Å²) in [6.45, 7) is 8.50. The van der Waals surface area contributed by atoms with E-state index in [0.717, 1.165) is 12.3 Å². The van der Waals surface area contributed by atoms with Crippen LogP contribution in [0.1, 0.15) is 40.0 Å². The standard InChI is InChI=1S/C10H19O2/c1-4-5-9(2)6-10(3)7-12-8-11/h9-10H,4-7H2,1-3H3. The summed E-state index contributed by atoms with van der Waals surface area (Å²) in [6.07, 6.45) is 3.62. The van der Waals surface area contributed by atoms with E-state index >= 15 is 0 Å². The van der Waals surface area contributed by atoms with E-state index in [1.165, 1.54) is 19.3 Å². The summed E-state index contributed by atoms with van der Waals surface area (Å²) in [4.78, 5) is 9.77. The maximum absolute atomic E-state index is 9.77. The Morgan fingerprint density at radius 3 is 2.50 bits per heavy atom. The maximum Gasteiger partial charge on any atom is 0.417 e. The van der Waals surface area contributed by atoms with Gasteiger partial charge in [-0.1, -0.05) is 33.6 Å². The third-order valence-electron chi connectivity index (χ3n) is 2.01. The zero-order valence-corrected chi connectivity index (χ0v) is 8.30. The Bertz CT molecular complexity index is 112. The van der Waals surface area contributed by atoms with Crippen molar-refractivity contribution in [2.45, 2.75) is 40.0 Å². The summed E-state index contributed by atoms with van der Waals surface area (Å²) >= 11 is 0. The van der Waals surface area contributed by atoms with Crippen LogP contribution in [0.2, 0.25) is 0 Å². The second kappa shape index (κ2) is 7.14. The molecule has 0 rings (SSSR count). The Morgan fingerprint density at radius 2 is 2.00 bits per heavy atom. The number of carbonyl (C=O) groups excluding carboxylic acids is 1. The van der Waals surface area contributed by atoms with Gasteiger partial charge in [-0.2, -0.15) is 0 Å². The minimum Gasteiger partial charge on any atom is -0.457 e. The molecule has 0 bridgehead atoms. The van der Waals surface area contributed by atoms with E-state index in [1.807, 2.05) is 0 Å². The van der Waals surface area contributed by atoms with Crippen LogP contribution in [0.15, 0.2) is 0 Å². The van der Waals surface area contributed by atoms with E-state index in [4.69, 9.17) is 0 Å². The fraction of sp³-hybridized carbons (Fsp3) is 0.900. The van der Waals surface area contributed by atoms with Crippen LogP contribution in [-0.4, -0.2) is 13.1 Å². The highest BCUT2D eigenvalue weighted by molar-refractivity contribution is 5.38. The molecule has 0 heterocycles. The number of ether oxygens (including phenoxy) is 1. The average Bonchev–Trinajstić information content (AvgIpc) is 2.01. The highest BCUT2D eigenvalue weighted by Gasteiger charge is 2.08. The number of rotatable bonds is 7. The van der Waals surface area contributed by atoms with Gasteiger partial charge in [0.25, 0.3) is 0 Å². The summed E-state index contributed by atoms with van der Waals surface area (Å²) in [7, 11) is 0. The van der Waals surface area contributed by atoms with Crippen molar-refractivity contribution < 1.29 is 9.53 Å². The largest absolute Gasteiger partial charge is 0.457 e. The zero-order chi connectivity index (χ0) is 9.40. The molecule has 2 atom stereocenters. The summed E-state index contributed by atoms with van der Waals surface area (Å²) in [5.41, 5.74) is 0. The Balaban J connectivity index is 3.39. The number of hydrogen-bond acceptors (Lipinski definition) is 2. The van der Waals surface area contributed by atoms with Gasteiger partial charge in [-0.15, -0.1) is 0 Å². The van der Waals surface area contributed by atoms with E-state index in [2.05, 4.69) is 25.5 Å². The van der Waals surface area contributed by atoms with Gasteiger partial charge in [-0.05, 0) is 18.3 Å². The molecule has 0 fully saturated rings. The minimum absolute atomic E-state index is 0.466. The molecular weight excluding hydrogens is 152 g/mol. The summed E-state index contributed by atoms with van der Waals surface area (Å²) in [5, 5.41) is 0. The Hall–Kier alpha value is -0.530. The van der Waals surface area contributed by atoms with Gasteiger partial charge >= 0.3 is 6.47 Å². The van der Waals surface area contributed by atoms with Crippen LogP contribution >= 0.6 is 0 Å². The maximum atomic E-state index is 9.77. The van der Waals surface area contributed by atoms with Gasteiger partial charge in [0.15, 0.2) is 0 Å². The lowest BCUT2D eigenvalue weighted by atomic mass is 9.94. The van der Waals surface area contributed by atoms with Crippen LogP contribution in [0.5, 0.6) is 0 Å². The molecule has 0 N–H and O–H groups in total. The van der Waals surface area contributed by atoms with E-state index in [0.29, 0.717) is 12.5 Å². The van der Waals surface area contributed by atoms with Gasteiger partial charge in [-0.3, -0.25) is 0 Å². The minimum atomic E-state index is 0.466. The van der Waals surface area contributed by atoms with Gasteiger partial charge in [0.05, 0.1) is 6.61 Å². The highest BCUT2D eigenvalue weighted by atomic mass is 16.5. The van der Waals surface area contributed by atoms with Gasteiger partial charge < -0.3 is 4.74 Å². The monoisotopic (exact) mass is 171 g/mol. The molecule has 0 aliphatic heterocycles. The lowest BCUT2D eigenvalue weighted by molar-refractivity contribution is 0.210. The van der Waals surface area contributed by atoms with Crippen molar-refractivity contribution in [3.05, 3.63) is 0 Å². The van der Waals surface area contributed by atoms with Crippen molar-refractivity contribution in [3.63, 3.8) is 0 Å². The van der Waals surface area contributed by atoms with Crippen molar-refractivity contribution in [1.29, 1.82) is 0 Å². The van der Waals surface area contributed by atoms with Crippen LogP contribution in [0.4, 0.5) is 0 Å². The third-order valence-corrected chi connectivity index (χ3v) is 2.01. The van der Waals surface area contributed by atoms with Gasteiger partial charge in [0.1, 0.15) is 0 Å². The number of hydrogen-bond donors (Lipinski definition) is 0. The first-order valence-electron chi connectivity index (χ1n) is 4.69. The quantitative estimate of drug-likeness (QED) is 0.588. The molecule has 0 aliphatic rings. The molecule has 0 saturated carbocycles. The topological polar surface area (TPSA) is 26.3 Å². The van der Waals surface area contributed by atoms with Crippen molar-refractivity contribution in [3.8, 4) is 0 Å². The SMILES string of the molecule is CCCC(C)CC(C)CO[C]=O. The van der Waals surface area contributed by atoms with Crippen LogP contribution < -0.4 is 0 Å². The van der Waals surface area contributed by atoms with E-state index in [1.54, 1.807) is 0 Å². The molecule has 0 aliphatic carbocycles. The molecular formula is C10H19O2. The molecule has 0 saturated heterocycles. The van der Waals surface area contributed by atoms with Crippen molar-refractivity contribution in [1.82, 2.24) is 0 Å². The summed E-state index contributed by atoms with van der Waals surface area (Å²) in [6, 6.07) is 0. The second-order valence-corrected chi connectivity index (χ2v) is 3.63. The molecule has 0 spiro atoms. The molecule has 0 amide bonds. The van der Waals surface area contributed by atoms with Crippen molar-refractivity contribution in [2.24, 2.45) is 11.8 Å². The van der Waals surface area contributed by atoms with Crippen LogP contribution in [0, 0.1) is 11.8 Å². The first-order valence-corrected chi connectivity index (χ1v) is 4.69. The van der Waals surface area contributed by atoms with Crippen LogP contribution in [0.3, 0.4) is 0 Å². The van der Waals surface area contributed by atoms with E-state index < -0.39 is 0 Å². The fourth-order valence-electron chi connectivity index (χ4n) is 1.54. The van der Waals surface area contributed by atoms with Gasteiger partial charge in [-0.25, -0.2) is 4.79 Å². The van der Waals surface area contributed by atoms with Crippen molar-refractivity contribution in [2.75, 3.05) is 6.61 Å². The highest BCUT2D eigenvalue weighted by Crippen LogP contribution is 2.16. The zero-order valence-electron chi connectivity index (χ0n) is 8.30. The molecule has 0 aromatic heterocycles. The summed E-state index contributed by atoms with van der Waals surface area (Å²) < 4.78 is 4.57. The smallest absolute Gasteiger partial charge is 0.417 e. The van der Waals surface area contributed by atoms with Gasteiger partial charge in [0, 0.05) is 0 Å². The molecule has 12 heavy (non-hydrogen) atoms. The third kappa shape index (κ3) is 6.20. The first-order chi connectivity index (χ1) is 5.70. The molecule has 2 heteroatoms. The molecule has 71 valence electrons. The molecule has 2 unspecified atom stereocenters. The van der Waals surface area contributed by atoms with Crippen LogP contribution in [0.25, 0.3) is 0 Å². The Morgan fingerprint density at radius 1 is 1.33 bits per heavy atom. The molecule has 2 nitrogen and oxygen atoms in total. The predicted octanol–water partition coefficient (Wildman–Crippen LogP) is 2.53. The normalized spacial score (nSPS) is 15.2. The van der Waals surface area contributed by atoms with E-state index in [9.17, 15) is 4.79 Å². The first kappa shape index (κ1) is 11.5. The molecule has 0 aromatic carbocycles. The Labute approximate surface area is 75.3 Å². The lowest BCUT2D eigenvalue weighted by Crippen LogP contribution is -2.09. The van der Waals surface area contributed by atoms with E-state index in [-0.39, 0.29) is 0 Å². The fourth-order valence-corrected chi connectivity index (χ4v) is 1.54. The lowest BCUT2D eigenvalue weighted by Gasteiger charge is -2.14. The van der Waals surface area contributed by atoms with Crippen LogP contribution in [-0.2, 0) is 9.53 Å². The molecule has 1 radical (unpaired) electrons. The predicted molar refractivity (Wildman–Crippen MR) is 49.5 cm³/mol. The average molecular weight is 171 g/mol.